The van der Waals surface area contributed by atoms with Gasteiger partial charge in [-0.25, -0.2) is 0 Å². The van der Waals surface area contributed by atoms with Crippen molar-refractivity contribution in [1.29, 1.82) is 0 Å². The monoisotopic (exact) mass is 314 g/mol. The summed E-state index contributed by atoms with van der Waals surface area (Å²) in [6.45, 7) is 9.39. The van der Waals surface area contributed by atoms with E-state index >= 15 is 0 Å². The van der Waals surface area contributed by atoms with Crippen LogP contribution in [0, 0.1) is 11.8 Å². The van der Waals surface area contributed by atoms with E-state index in [1.54, 1.807) is 0 Å². The summed E-state index contributed by atoms with van der Waals surface area (Å²) in [4.78, 5) is 11.3. The van der Waals surface area contributed by atoms with Gasteiger partial charge in [0.05, 0.1) is 5.92 Å². The van der Waals surface area contributed by atoms with Gasteiger partial charge in [0.1, 0.15) is 0 Å². The minimum atomic E-state index is -0.649. The van der Waals surface area contributed by atoms with Crippen molar-refractivity contribution >= 4 is 5.97 Å². The second-order valence-electron chi connectivity index (χ2n) is 5.78. The number of aliphatic carboxylic acids is 1. The summed E-state index contributed by atoms with van der Waals surface area (Å²) in [6, 6.07) is 0. The van der Waals surface area contributed by atoms with E-state index in [4.69, 9.17) is 9.47 Å². The first-order valence-corrected chi connectivity index (χ1v) is 8.67. The second-order valence-corrected chi connectivity index (χ2v) is 5.78. The fourth-order valence-electron chi connectivity index (χ4n) is 2.34. The SMILES string of the molecule is CCOC(/C=C\CCCCC(CC(C)CC)C(=O)O)OCC. The van der Waals surface area contributed by atoms with Crippen LogP contribution in [-0.4, -0.2) is 30.6 Å². The van der Waals surface area contributed by atoms with Gasteiger partial charge in [-0.1, -0.05) is 32.8 Å². The Bertz CT molecular complexity index is 295. The largest absolute Gasteiger partial charge is 0.481 e. The number of carbonyl (C=O) groups is 1. The maximum Gasteiger partial charge on any atom is 0.306 e. The van der Waals surface area contributed by atoms with Crippen molar-refractivity contribution in [3.05, 3.63) is 12.2 Å². The van der Waals surface area contributed by atoms with Crippen LogP contribution in [0.5, 0.6) is 0 Å². The van der Waals surface area contributed by atoms with Crippen molar-refractivity contribution in [2.75, 3.05) is 13.2 Å². The molecule has 0 aliphatic carbocycles. The molecule has 0 saturated heterocycles. The van der Waals surface area contributed by atoms with Gasteiger partial charge in [-0.05, 0) is 51.5 Å². The first-order valence-electron chi connectivity index (χ1n) is 8.67. The first-order chi connectivity index (χ1) is 10.5. The van der Waals surface area contributed by atoms with Crippen LogP contribution in [0.1, 0.15) is 66.2 Å². The molecule has 2 atom stereocenters. The maximum atomic E-state index is 11.3. The zero-order valence-corrected chi connectivity index (χ0v) is 14.7. The van der Waals surface area contributed by atoms with Gasteiger partial charge in [0.25, 0.3) is 0 Å². The summed E-state index contributed by atoms with van der Waals surface area (Å²) < 4.78 is 10.9. The minimum Gasteiger partial charge on any atom is -0.481 e. The van der Waals surface area contributed by atoms with Crippen molar-refractivity contribution in [3.63, 3.8) is 0 Å². The van der Waals surface area contributed by atoms with E-state index < -0.39 is 5.97 Å². The Morgan fingerprint density at radius 1 is 1.14 bits per heavy atom. The van der Waals surface area contributed by atoms with Crippen molar-refractivity contribution < 1.29 is 19.4 Å². The zero-order chi connectivity index (χ0) is 16.8. The lowest BCUT2D eigenvalue weighted by molar-refractivity contribution is -0.142. The lowest BCUT2D eigenvalue weighted by Crippen LogP contribution is -2.16. The van der Waals surface area contributed by atoms with Crippen molar-refractivity contribution in [2.45, 2.75) is 72.5 Å². The zero-order valence-electron chi connectivity index (χ0n) is 14.7. The fraction of sp³-hybridized carbons (Fsp3) is 0.833. The molecule has 0 fully saturated rings. The van der Waals surface area contributed by atoms with Gasteiger partial charge in [0.2, 0.25) is 0 Å². The van der Waals surface area contributed by atoms with Gasteiger partial charge >= 0.3 is 5.97 Å². The van der Waals surface area contributed by atoms with Crippen LogP contribution in [0.4, 0.5) is 0 Å². The third kappa shape index (κ3) is 10.8. The predicted octanol–water partition coefficient (Wildman–Crippen LogP) is 4.64. The Labute approximate surface area is 135 Å². The Kier molecular flexibility index (Phi) is 13.2. The number of carboxylic acids is 1. The summed E-state index contributed by atoms with van der Waals surface area (Å²) in [7, 11) is 0. The number of carboxylic acid groups (broad SMARTS) is 1. The normalized spacial score (nSPS) is 14.6. The van der Waals surface area contributed by atoms with Crippen LogP contribution in [-0.2, 0) is 14.3 Å². The van der Waals surface area contributed by atoms with Gasteiger partial charge in [-0.3, -0.25) is 4.79 Å². The molecule has 0 radical (unpaired) electrons. The molecule has 0 saturated carbocycles. The van der Waals surface area contributed by atoms with Crippen molar-refractivity contribution in [3.8, 4) is 0 Å². The molecule has 0 amide bonds. The van der Waals surface area contributed by atoms with Crippen LogP contribution in [0.25, 0.3) is 0 Å². The molecule has 22 heavy (non-hydrogen) atoms. The number of hydrogen-bond acceptors (Lipinski definition) is 3. The molecule has 0 heterocycles. The Hall–Kier alpha value is -0.870. The highest BCUT2D eigenvalue weighted by Crippen LogP contribution is 2.21. The molecule has 0 rings (SSSR count). The quantitative estimate of drug-likeness (QED) is 0.288. The molecule has 0 aromatic rings. The van der Waals surface area contributed by atoms with E-state index in [0.29, 0.717) is 19.1 Å². The van der Waals surface area contributed by atoms with Crippen LogP contribution in [0.2, 0.25) is 0 Å². The highest BCUT2D eigenvalue weighted by Gasteiger charge is 2.19. The van der Waals surface area contributed by atoms with Crippen LogP contribution in [0.3, 0.4) is 0 Å². The number of ether oxygens (including phenoxy) is 2. The van der Waals surface area contributed by atoms with Gasteiger partial charge in [-0.2, -0.15) is 0 Å². The van der Waals surface area contributed by atoms with Crippen LogP contribution >= 0.6 is 0 Å². The molecule has 0 aromatic heterocycles. The summed E-state index contributed by atoms with van der Waals surface area (Å²) >= 11 is 0. The number of rotatable bonds is 14. The predicted molar refractivity (Wildman–Crippen MR) is 89.8 cm³/mol. The highest BCUT2D eigenvalue weighted by molar-refractivity contribution is 5.69. The van der Waals surface area contributed by atoms with Crippen LogP contribution < -0.4 is 0 Å². The van der Waals surface area contributed by atoms with E-state index in [-0.39, 0.29) is 12.2 Å². The van der Waals surface area contributed by atoms with Crippen molar-refractivity contribution in [1.82, 2.24) is 0 Å². The van der Waals surface area contributed by atoms with Crippen LogP contribution in [0.15, 0.2) is 12.2 Å². The van der Waals surface area contributed by atoms with E-state index in [2.05, 4.69) is 19.9 Å². The number of hydrogen-bond donors (Lipinski definition) is 1. The van der Waals surface area contributed by atoms with Gasteiger partial charge in [0.15, 0.2) is 6.29 Å². The standard InChI is InChI=1S/C18H34O4/c1-5-15(4)14-16(18(19)20)12-10-8-9-11-13-17(21-6-2)22-7-3/h11,13,15-17H,5-10,12,14H2,1-4H3,(H,19,20)/b13-11-. The Balaban J connectivity index is 3.95. The van der Waals surface area contributed by atoms with Crippen molar-refractivity contribution in [2.24, 2.45) is 11.8 Å². The summed E-state index contributed by atoms with van der Waals surface area (Å²) in [5, 5.41) is 9.26. The van der Waals surface area contributed by atoms with E-state index in [9.17, 15) is 9.90 Å². The maximum absolute atomic E-state index is 11.3. The summed E-state index contributed by atoms with van der Waals surface area (Å²) in [5.74, 6) is -0.360. The Morgan fingerprint density at radius 3 is 2.27 bits per heavy atom. The van der Waals surface area contributed by atoms with Gasteiger partial charge in [0, 0.05) is 13.2 Å². The van der Waals surface area contributed by atoms with Gasteiger partial charge in [-0.15, -0.1) is 0 Å². The molecule has 130 valence electrons. The van der Waals surface area contributed by atoms with E-state index in [1.807, 2.05) is 19.9 Å². The average molecular weight is 314 g/mol. The molecule has 2 unspecified atom stereocenters. The van der Waals surface area contributed by atoms with Gasteiger partial charge < -0.3 is 14.6 Å². The fourth-order valence-corrected chi connectivity index (χ4v) is 2.34. The average Bonchev–Trinajstić information content (AvgIpc) is 2.49. The molecule has 1 N–H and O–H groups in total. The Morgan fingerprint density at radius 2 is 1.77 bits per heavy atom. The number of unbranched alkanes of at least 4 members (excludes halogenated alkanes) is 2. The van der Waals surface area contributed by atoms with E-state index in [0.717, 1.165) is 38.5 Å². The summed E-state index contributed by atoms with van der Waals surface area (Å²) in [5.41, 5.74) is 0. The highest BCUT2D eigenvalue weighted by atomic mass is 16.7. The molecular formula is C18H34O4. The molecule has 0 aromatic carbocycles. The molecule has 0 aliphatic heterocycles. The molecule has 0 aliphatic rings. The third-order valence-corrected chi connectivity index (χ3v) is 3.86. The lowest BCUT2D eigenvalue weighted by Gasteiger charge is -2.16. The minimum absolute atomic E-state index is 0.196. The molecule has 4 heteroatoms. The molecule has 0 bridgehead atoms. The second kappa shape index (κ2) is 13.8. The smallest absolute Gasteiger partial charge is 0.306 e. The summed E-state index contributed by atoms with van der Waals surface area (Å²) in [6.07, 6.45) is 9.26. The topological polar surface area (TPSA) is 55.8 Å². The third-order valence-electron chi connectivity index (χ3n) is 3.86. The van der Waals surface area contributed by atoms with E-state index in [1.165, 1.54) is 0 Å². The molecule has 0 spiro atoms. The molecular weight excluding hydrogens is 280 g/mol. The molecule has 4 nitrogen and oxygen atoms in total. The number of allylic oxidation sites excluding steroid dienone is 1. The first kappa shape index (κ1) is 21.1. The lowest BCUT2D eigenvalue weighted by atomic mass is 9.90.